The molecule has 1 aromatic heterocycles. The van der Waals surface area contributed by atoms with Gasteiger partial charge in [0.15, 0.2) is 5.82 Å². The van der Waals surface area contributed by atoms with E-state index in [1.165, 1.54) is 12.8 Å². The molecule has 2 aromatic rings. The molecule has 3 N–H and O–H groups in total. The van der Waals surface area contributed by atoms with Gasteiger partial charge in [-0.1, -0.05) is 12.1 Å². The topological polar surface area (TPSA) is 81.5 Å². The first-order valence-corrected chi connectivity index (χ1v) is 8.40. The van der Waals surface area contributed by atoms with Gasteiger partial charge in [0.05, 0.1) is 11.7 Å². The molecule has 6 heteroatoms. The number of aromatic nitrogens is 2. The van der Waals surface area contributed by atoms with E-state index in [4.69, 9.17) is 0 Å². The first-order chi connectivity index (χ1) is 11.6. The van der Waals surface area contributed by atoms with Crippen LogP contribution in [0.25, 0.3) is 11.4 Å². The Morgan fingerprint density at radius 3 is 2.71 bits per heavy atom. The first-order valence-electron chi connectivity index (χ1n) is 8.40. The molecule has 1 atom stereocenters. The summed E-state index contributed by atoms with van der Waals surface area (Å²) in [6.45, 7) is 5.15. The van der Waals surface area contributed by atoms with E-state index in [1.54, 1.807) is 18.2 Å². The lowest BCUT2D eigenvalue weighted by Crippen LogP contribution is -2.34. The molecule has 128 valence electrons. The summed E-state index contributed by atoms with van der Waals surface area (Å²) in [5, 5.41) is 23.3. The molecule has 0 spiro atoms. The Hall–Kier alpha value is -2.18. The number of anilines is 1. The lowest BCUT2D eigenvalue weighted by atomic mass is 10.2. The fourth-order valence-electron chi connectivity index (χ4n) is 2.99. The van der Waals surface area contributed by atoms with Crippen molar-refractivity contribution in [3.8, 4) is 17.1 Å². The molecule has 0 amide bonds. The molecule has 0 bridgehead atoms. The molecule has 24 heavy (non-hydrogen) atoms. The molecule has 1 fully saturated rings. The number of nitrogens with one attached hydrogen (secondary N) is 1. The van der Waals surface area contributed by atoms with Crippen molar-refractivity contribution in [2.75, 3.05) is 31.5 Å². The van der Waals surface area contributed by atoms with Crippen molar-refractivity contribution in [3.05, 3.63) is 36.0 Å². The van der Waals surface area contributed by atoms with E-state index in [1.807, 2.05) is 19.1 Å². The molecule has 1 aromatic carbocycles. The highest BCUT2D eigenvalue weighted by Crippen LogP contribution is 2.26. The van der Waals surface area contributed by atoms with E-state index in [2.05, 4.69) is 20.2 Å². The zero-order chi connectivity index (χ0) is 16.9. The van der Waals surface area contributed by atoms with Crippen LogP contribution in [0.1, 0.15) is 18.5 Å². The minimum atomic E-state index is -0.438. The van der Waals surface area contributed by atoms with Crippen molar-refractivity contribution in [2.45, 2.75) is 25.9 Å². The number of aliphatic hydroxyl groups is 1. The molecule has 0 aliphatic carbocycles. The largest absolute Gasteiger partial charge is 0.507 e. The van der Waals surface area contributed by atoms with Gasteiger partial charge in [-0.25, -0.2) is 9.97 Å². The first kappa shape index (κ1) is 16.7. The molecule has 0 unspecified atom stereocenters. The molecule has 1 saturated heterocycles. The zero-order valence-corrected chi connectivity index (χ0v) is 13.9. The van der Waals surface area contributed by atoms with Crippen LogP contribution in [-0.2, 0) is 0 Å². The Balaban J connectivity index is 1.66. The maximum Gasteiger partial charge on any atom is 0.165 e. The number of rotatable bonds is 6. The van der Waals surface area contributed by atoms with Crippen LogP contribution in [0.5, 0.6) is 5.75 Å². The fourth-order valence-corrected chi connectivity index (χ4v) is 2.99. The Morgan fingerprint density at radius 2 is 1.96 bits per heavy atom. The molecular formula is C18H24N4O2. The van der Waals surface area contributed by atoms with Crippen molar-refractivity contribution in [3.63, 3.8) is 0 Å². The maximum absolute atomic E-state index is 10.2. The average molecular weight is 328 g/mol. The molecule has 3 rings (SSSR count). The number of aromatic hydroxyl groups is 1. The van der Waals surface area contributed by atoms with Gasteiger partial charge >= 0.3 is 0 Å². The van der Waals surface area contributed by atoms with Crippen molar-refractivity contribution in [2.24, 2.45) is 0 Å². The molecule has 2 heterocycles. The second kappa shape index (κ2) is 7.59. The van der Waals surface area contributed by atoms with Crippen LogP contribution in [-0.4, -0.2) is 57.4 Å². The highest BCUT2D eigenvalue weighted by atomic mass is 16.3. The van der Waals surface area contributed by atoms with Gasteiger partial charge in [-0.05, 0) is 45.0 Å². The summed E-state index contributed by atoms with van der Waals surface area (Å²) in [6.07, 6.45) is 2.00. The zero-order valence-electron chi connectivity index (χ0n) is 13.9. The van der Waals surface area contributed by atoms with Gasteiger partial charge in [-0.3, -0.25) is 0 Å². The third-order valence-electron chi connectivity index (χ3n) is 4.19. The van der Waals surface area contributed by atoms with E-state index in [0.29, 0.717) is 30.3 Å². The number of aliphatic hydroxyl groups excluding tert-OH is 1. The molecule has 0 saturated carbocycles. The standard InChI is InChI=1S/C18H24N4O2/c1-13-10-17(19-11-14(23)12-22-8-4-5-9-22)21-18(20-13)15-6-2-3-7-16(15)24/h2-3,6-7,10,14,23-24H,4-5,8-9,11-12H2,1H3,(H,19,20,21)/t14-/m0/s1. The van der Waals surface area contributed by atoms with Gasteiger partial charge < -0.3 is 20.4 Å². The number of phenolic OH excluding ortho intramolecular Hbond substituents is 1. The number of para-hydroxylation sites is 1. The van der Waals surface area contributed by atoms with Gasteiger partial charge in [0.2, 0.25) is 0 Å². The predicted molar refractivity (Wildman–Crippen MR) is 94.0 cm³/mol. The van der Waals surface area contributed by atoms with Crippen LogP contribution in [0.3, 0.4) is 0 Å². The predicted octanol–water partition coefficient (Wildman–Crippen LogP) is 2.03. The number of β-amino-alcohol motifs (C(OH)–C–C–N with tert-alkyl or cyclic N) is 1. The number of hydrogen-bond donors (Lipinski definition) is 3. The Kier molecular flexibility index (Phi) is 5.27. The SMILES string of the molecule is Cc1cc(NC[C@H](O)CN2CCCC2)nc(-c2ccccc2O)n1. The lowest BCUT2D eigenvalue weighted by Gasteiger charge is -2.20. The van der Waals surface area contributed by atoms with E-state index < -0.39 is 6.10 Å². The molecule has 1 aliphatic rings. The highest BCUT2D eigenvalue weighted by molar-refractivity contribution is 5.64. The number of nitrogens with zero attached hydrogens (tertiary/aromatic N) is 3. The van der Waals surface area contributed by atoms with E-state index in [0.717, 1.165) is 18.8 Å². The Bertz CT molecular complexity index is 686. The van der Waals surface area contributed by atoms with Crippen LogP contribution in [0.4, 0.5) is 5.82 Å². The monoisotopic (exact) mass is 328 g/mol. The van der Waals surface area contributed by atoms with Crippen LogP contribution in [0.15, 0.2) is 30.3 Å². The van der Waals surface area contributed by atoms with E-state index >= 15 is 0 Å². The van der Waals surface area contributed by atoms with Crippen LogP contribution < -0.4 is 5.32 Å². The van der Waals surface area contributed by atoms with Crippen molar-refractivity contribution in [1.82, 2.24) is 14.9 Å². The fraction of sp³-hybridized carbons (Fsp3) is 0.444. The summed E-state index contributed by atoms with van der Waals surface area (Å²) in [5.74, 6) is 1.29. The number of likely N-dealkylation sites (tertiary alicyclic amines) is 1. The van der Waals surface area contributed by atoms with Crippen LogP contribution in [0.2, 0.25) is 0 Å². The Labute approximate surface area is 142 Å². The van der Waals surface area contributed by atoms with Gasteiger partial charge in [0.25, 0.3) is 0 Å². The normalized spacial score (nSPS) is 16.2. The summed E-state index contributed by atoms with van der Waals surface area (Å²) >= 11 is 0. The van der Waals surface area contributed by atoms with Crippen molar-refractivity contribution >= 4 is 5.82 Å². The number of phenols is 1. The number of benzene rings is 1. The van der Waals surface area contributed by atoms with Gasteiger partial charge in [-0.2, -0.15) is 0 Å². The van der Waals surface area contributed by atoms with Gasteiger partial charge in [0.1, 0.15) is 11.6 Å². The second-order valence-electron chi connectivity index (χ2n) is 6.28. The number of aryl methyl sites for hydroxylation is 1. The van der Waals surface area contributed by atoms with Crippen molar-refractivity contribution < 1.29 is 10.2 Å². The Morgan fingerprint density at radius 1 is 1.21 bits per heavy atom. The molecule has 6 nitrogen and oxygen atoms in total. The number of hydrogen-bond acceptors (Lipinski definition) is 6. The summed E-state index contributed by atoms with van der Waals surface area (Å²) in [5.41, 5.74) is 1.40. The maximum atomic E-state index is 10.2. The quantitative estimate of drug-likeness (QED) is 0.753. The second-order valence-corrected chi connectivity index (χ2v) is 6.28. The van der Waals surface area contributed by atoms with Crippen molar-refractivity contribution in [1.29, 1.82) is 0 Å². The van der Waals surface area contributed by atoms with Gasteiger partial charge in [0, 0.05) is 24.8 Å². The summed E-state index contributed by atoms with van der Waals surface area (Å²) in [7, 11) is 0. The minimum absolute atomic E-state index is 0.156. The summed E-state index contributed by atoms with van der Waals surface area (Å²) in [4.78, 5) is 11.1. The molecular weight excluding hydrogens is 304 g/mol. The average Bonchev–Trinajstić information content (AvgIpc) is 3.06. The minimum Gasteiger partial charge on any atom is -0.507 e. The third-order valence-corrected chi connectivity index (χ3v) is 4.19. The third kappa shape index (κ3) is 4.21. The van der Waals surface area contributed by atoms with E-state index in [-0.39, 0.29) is 5.75 Å². The highest BCUT2D eigenvalue weighted by Gasteiger charge is 2.16. The molecule has 0 radical (unpaired) electrons. The summed E-state index contributed by atoms with van der Waals surface area (Å²) < 4.78 is 0. The van der Waals surface area contributed by atoms with Crippen LogP contribution in [0, 0.1) is 6.92 Å². The smallest absolute Gasteiger partial charge is 0.165 e. The summed E-state index contributed by atoms with van der Waals surface area (Å²) in [6, 6.07) is 8.85. The van der Waals surface area contributed by atoms with Crippen LogP contribution >= 0.6 is 0 Å². The van der Waals surface area contributed by atoms with Gasteiger partial charge in [-0.15, -0.1) is 0 Å². The molecule has 1 aliphatic heterocycles. The lowest BCUT2D eigenvalue weighted by molar-refractivity contribution is 0.135. The van der Waals surface area contributed by atoms with E-state index in [9.17, 15) is 10.2 Å².